The van der Waals surface area contributed by atoms with Crippen molar-refractivity contribution < 1.29 is 14.6 Å². The number of hydrogen-bond acceptors (Lipinski definition) is 3. The molecule has 0 unspecified atom stereocenters. The fourth-order valence-corrected chi connectivity index (χ4v) is 1.68. The Balaban J connectivity index is 2.25. The molecule has 0 aliphatic carbocycles. The third-order valence-corrected chi connectivity index (χ3v) is 2.75. The van der Waals surface area contributed by atoms with Crippen LogP contribution in [0, 0.1) is 6.92 Å². The van der Waals surface area contributed by atoms with Gasteiger partial charge in [-0.2, -0.15) is 0 Å². The summed E-state index contributed by atoms with van der Waals surface area (Å²) in [5.41, 5.74) is 2.19. The SMILES string of the molecule is C=C(Oc1cc(O)ccc1C)c1cccc(C=O)c1. The minimum atomic E-state index is 0.134. The molecule has 0 heterocycles. The van der Waals surface area contributed by atoms with Crippen LogP contribution in [0.2, 0.25) is 0 Å². The van der Waals surface area contributed by atoms with Gasteiger partial charge in [-0.3, -0.25) is 4.79 Å². The van der Waals surface area contributed by atoms with Crippen LogP contribution in [0.3, 0.4) is 0 Å². The van der Waals surface area contributed by atoms with E-state index in [1.54, 1.807) is 30.3 Å². The van der Waals surface area contributed by atoms with E-state index in [1.165, 1.54) is 6.07 Å². The number of aldehydes is 1. The van der Waals surface area contributed by atoms with Gasteiger partial charge >= 0.3 is 0 Å². The van der Waals surface area contributed by atoms with Crippen molar-refractivity contribution in [2.45, 2.75) is 6.92 Å². The van der Waals surface area contributed by atoms with Crippen molar-refractivity contribution in [3.63, 3.8) is 0 Å². The molecule has 0 bridgehead atoms. The van der Waals surface area contributed by atoms with Crippen LogP contribution in [0.1, 0.15) is 21.5 Å². The molecule has 0 aromatic heterocycles. The highest BCUT2D eigenvalue weighted by molar-refractivity contribution is 5.77. The van der Waals surface area contributed by atoms with Crippen molar-refractivity contribution in [3.05, 3.63) is 65.7 Å². The van der Waals surface area contributed by atoms with E-state index in [2.05, 4.69) is 6.58 Å². The Bertz CT molecular complexity index is 630. The lowest BCUT2D eigenvalue weighted by molar-refractivity contribution is 0.112. The number of phenols is 1. The quantitative estimate of drug-likeness (QED) is 0.670. The molecule has 0 atom stereocenters. The second-order valence-electron chi connectivity index (χ2n) is 4.22. The molecule has 0 saturated carbocycles. The molecular formula is C16H14O3. The lowest BCUT2D eigenvalue weighted by Crippen LogP contribution is -1.96. The first-order chi connectivity index (χ1) is 9.10. The van der Waals surface area contributed by atoms with Crippen molar-refractivity contribution in [1.82, 2.24) is 0 Å². The van der Waals surface area contributed by atoms with Crippen molar-refractivity contribution >= 4 is 12.0 Å². The lowest BCUT2D eigenvalue weighted by Gasteiger charge is -2.11. The number of rotatable bonds is 4. The maximum Gasteiger partial charge on any atom is 0.150 e. The molecule has 0 spiro atoms. The molecule has 0 fully saturated rings. The zero-order valence-electron chi connectivity index (χ0n) is 10.6. The average molecular weight is 254 g/mol. The third kappa shape index (κ3) is 3.01. The molecule has 2 aromatic rings. The van der Waals surface area contributed by atoms with Gasteiger partial charge in [-0.15, -0.1) is 0 Å². The summed E-state index contributed by atoms with van der Waals surface area (Å²) in [7, 11) is 0. The van der Waals surface area contributed by atoms with Crippen molar-refractivity contribution in [1.29, 1.82) is 0 Å². The molecule has 0 aliphatic rings. The molecule has 0 amide bonds. The summed E-state index contributed by atoms with van der Waals surface area (Å²) in [5, 5.41) is 9.45. The summed E-state index contributed by atoms with van der Waals surface area (Å²) in [5.74, 6) is 1.11. The first-order valence-electron chi connectivity index (χ1n) is 5.82. The fraction of sp³-hybridized carbons (Fsp3) is 0.0625. The largest absolute Gasteiger partial charge is 0.508 e. The van der Waals surface area contributed by atoms with Gasteiger partial charge in [0.05, 0.1) is 0 Å². The number of aromatic hydroxyl groups is 1. The molecule has 96 valence electrons. The van der Waals surface area contributed by atoms with Crippen LogP contribution in [0.5, 0.6) is 11.5 Å². The average Bonchev–Trinajstić information content (AvgIpc) is 2.43. The van der Waals surface area contributed by atoms with E-state index < -0.39 is 0 Å². The van der Waals surface area contributed by atoms with Crippen molar-refractivity contribution in [2.75, 3.05) is 0 Å². The summed E-state index contributed by atoms with van der Waals surface area (Å²) in [4.78, 5) is 10.7. The smallest absolute Gasteiger partial charge is 0.150 e. The minimum absolute atomic E-state index is 0.134. The van der Waals surface area contributed by atoms with Gasteiger partial charge in [0.1, 0.15) is 23.5 Å². The van der Waals surface area contributed by atoms with Gasteiger partial charge in [-0.05, 0) is 24.6 Å². The van der Waals surface area contributed by atoms with E-state index in [4.69, 9.17) is 4.74 Å². The normalized spacial score (nSPS) is 9.95. The van der Waals surface area contributed by atoms with E-state index in [0.29, 0.717) is 17.1 Å². The summed E-state index contributed by atoms with van der Waals surface area (Å²) in [6, 6.07) is 11.9. The van der Waals surface area contributed by atoms with Crippen LogP contribution in [0.25, 0.3) is 5.76 Å². The van der Waals surface area contributed by atoms with Crippen LogP contribution in [0.4, 0.5) is 0 Å². The summed E-state index contributed by atoms with van der Waals surface area (Å²) in [6.07, 6.45) is 0.774. The summed E-state index contributed by atoms with van der Waals surface area (Å²) in [6.45, 7) is 5.73. The lowest BCUT2D eigenvalue weighted by atomic mass is 10.1. The molecule has 0 radical (unpaired) electrons. The Hall–Kier alpha value is -2.55. The van der Waals surface area contributed by atoms with E-state index >= 15 is 0 Å². The van der Waals surface area contributed by atoms with E-state index in [-0.39, 0.29) is 5.75 Å². The number of ether oxygens (including phenoxy) is 1. The van der Waals surface area contributed by atoms with Crippen molar-refractivity contribution in [2.24, 2.45) is 0 Å². The molecular weight excluding hydrogens is 240 g/mol. The molecule has 3 heteroatoms. The third-order valence-electron chi connectivity index (χ3n) is 2.75. The molecule has 0 saturated heterocycles. The van der Waals surface area contributed by atoms with Crippen LogP contribution in [-0.2, 0) is 0 Å². The van der Waals surface area contributed by atoms with Crippen LogP contribution in [-0.4, -0.2) is 11.4 Å². The predicted octanol–water partition coefficient (Wildman–Crippen LogP) is 3.56. The van der Waals surface area contributed by atoms with Gasteiger partial charge in [-0.25, -0.2) is 0 Å². The Morgan fingerprint density at radius 3 is 2.79 bits per heavy atom. The molecule has 2 aromatic carbocycles. The zero-order valence-corrected chi connectivity index (χ0v) is 10.6. The molecule has 19 heavy (non-hydrogen) atoms. The number of phenolic OH excluding ortho intramolecular Hbond substituents is 1. The topological polar surface area (TPSA) is 46.5 Å². The van der Waals surface area contributed by atoms with Gasteiger partial charge < -0.3 is 9.84 Å². The highest BCUT2D eigenvalue weighted by Crippen LogP contribution is 2.27. The second kappa shape index (κ2) is 5.40. The van der Waals surface area contributed by atoms with Crippen LogP contribution in [0.15, 0.2) is 49.0 Å². The molecule has 3 nitrogen and oxygen atoms in total. The maximum absolute atomic E-state index is 10.7. The Morgan fingerprint density at radius 1 is 1.26 bits per heavy atom. The highest BCUT2D eigenvalue weighted by atomic mass is 16.5. The Labute approximate surface area is 111 Å². The van der Waals surface area contributed by atoms with E-state index in [0.717, 1.165) is 17.4 Å². The first kappa shape index (κ1) is 12.9. The number of hydrogen-bond donors (Lipinski definition) is 1. The number of benzene rings is 2. The number of carbonyl (C=O) groups excluding carboxylic acids is 1. The van der Waals surface area contributed by atoms with Gasteiger partial charge in [0.25, 0.3) is 0 Å². The van der Waals surface area contributed by atoms with Gasteiger partial charge in [0.15, 0.2) is 0 Å². The summed E-state index contributed by atoms with van der Waals surface area (Å²) < 4.78 is 5.64. The van der Waals surface area contributed by atoms with Crippen molar-refractivity contribution in [3.8, 4) is 11.5 Å². The van der Waals surface area contributed by atoms with Gasteiger partial charge in [0, 0.05) is 17.2 Å². The monoisotopic (exact) mass is 254 g/mol. The predicted molar refractivity (Wildman–Crippen MR) is 74.3 cm³/mol. The maximum atomic E-state index is 10.7. The first-order valence-corrected chi connectivity index (χ1v) is 5.82. The van der Waals surface area contributed by atoms with Gasteiger partial charge in [-0.1, -0.05) is 30.8 Å². The van der Waals surface area contributed by atoms with Gasteiger partial charge in [0.2, 0.25) is 0 Å². The minimum Gasteiger partial charge on any atom is -0.508 e. The van der Waals surface area contributed by atoms with Crippen LogP contribution < -0.4 is 4.74 Å². The van der Waals surface area contributed by atoms with Crippen LogP contribution >= 0.6 is 0 Å². The number of carbonyl (C=O) groups is 1. The molecule has 1 N–H and O–H groups in total. The fourth-order valence-electron chi connectivity index (χ4n) is 1.68. The molecule has 2 rings (SSSR count). The number of aryl methyl sites for hydroxylation is 1. The Kier molecular flexibility index (Phi) is 3.66. The highest BCUT2D eigenvalue weighted by Gasteiger charge is 2.06. The Morgan fingerprint density at radius 2 is 2.05 bits per heavy atom. The van der Waals surface area contributed by atoms with E-state index in [9.17, 15) is 9.90 Å². The van der Waals surface area contributed by atoms with E-state index in [1.807, 2.05) is 13.0 Å². The second-order valence-corrected chi connectivity index (χ2v) is 4.22. The zero-order chi connectivity index (χ0) is 13.8. The standard InChI is InChI=1S/C16H14O3/c1-11-6-7-15(18)9-16(11)19-12(2)14-5-3-4-13(8-14)10-17/h3-10,18H,2H2,1H3. The summed E-state index contributed by atoms with van der Waals surface area (Å²) >= 11 is 0. The molecule has 0 aliphatic heterocycles.